The van der Waals surface area contributed by atoms with E-state index in [9.17, 15) is 22.8 Å². The van der Waals surface area contributed by atoms with Gasteiger partial charge in [-0.1, -0.05) is 17.8 Å². The van der Waals surface area contributed by atoms with Crippen LogP contribution in [0.15, 0.2) is 35.7 Å². The third-order valence-corrected chi connectivity index (χ3v) is 4.06. The van der Waals surface area contributed by atoms with Crippen molar-refractivity contribution in [1.82, 2.24) is 25.4 Å². The van der Waals surface area contributed by atoms with E-state index in [1.165, 1.54) is 18.1 Å². The summed E-state index contributed by atoms with van der Waals surface area (Å²) < 4.78 is 42.8. The topological polar surface area (TPSA) is 98.1 Å². The molecule has 0 radical (unpaired) electrons. The quantitative estimate of drug-likeness (QED) is 0.688. The molecule has 0 fully saturated rings. The fourth-order valence-electron chi connectivity index (χ4n) is 1.91. The van der Waals surface area contributed by atoms with Gasteiger partial charge in [0.05, 0.1) is 12.8 Å². The van der Waals surface area contributed by atoms with E-state index in [4.69, 9.17) is 4.74 Å². The van der Waals surface area contributed by atoms with Crippen LogP contribution < -0.4 is 15.4 Å². The lowest BCUT2D eigenvalue weighted by atomic mass is 10.3. The number of thioether (sulfide) groups is 1. The van der Waals surface area contributed by atoms with Crippen LogP contribution in [0.25, 0.3) is 5.69 Å². The van der Waals surface area contributed by atoms with E-state index in [1.54, 1.807) is 35.2 Å². The molecule has 1 aromatic carbocycles. The number of hydrogen-bond donors (Lipinski definition) is 2. The monoisotopic (exact) mass is 403 g/mol. The number of methoxy groups -OCH3 is 1. The van der Waals surface area contributed by atoms with Crippen LogP contribution in [0.4, 0.5) is 18.0 Å². The van der Waals surface area contributed by atoms with Crippen molar-refractivity contribution in [2.24, 2.45) is 0 Å². The SMILES string of the molecule is COc1cccc(-n2cnnc2SCCC(=O)NC(=O)NCC(F)(F)F)c1. The summed E-state index contributed by atoms with van der Waals surface area (Å²) in [5.74, 6) is 0.206. The molecule has 1 aromatic heterocycles. The van der Waals surface area contributed by atoms with Crippen molar-refractivity contribution < 1.29 is 27.5 Å². The molecule has 8 nitrogen and oxygen atoms in total. The van der Waals surface area contributed by atoms with E-state index in [1.807, 2.05) is 11.4 Å². The number of carbonyl (C=O) groups is 2. The van der Waals surface area contributed by atoms with Crippen molar-refractivity contribution in [1.29, 1.82) is 0 Å². The Morgan fingerprint density at radius 1 is 1.33 bits per heavy atom. The first-order chi connectivity index (χ1) is 12.8. The normalized spacial score (nSPS) is 11.1. The lowest BCUT2D eigenvalue weighted by Crippen LogP contribution is -2.43. The van der Waals surface area contributed by atoms with E-state index in [0.717, 1.165) is 5.69 Å². The van der Waals surface area contributed by atoms with Crippen LogP contribution in [0.1, 0.15) is 6.42 Å². The molecule has 146 valence electrons. The molecule has 2 aromatic rings. The van der Waals surface area contributed by atoms with Crippen molar-refractivity contribution in [2.45, 2.75) is 17.8 Å². The van der Waals surface area contributed by atoms with Crippen LogP contribution >= 0.6 is 11.8 Å². The molecule has 0 atom stereocenters. The van der Waals surface area contributed by atoms with Crippen LogP contribution in [0.3, 0.4) is 0 Å². The first-order valence-corrected chi connectivity index (χ1v) is 8.59. The minimum atomic E-state index is -4.54. The Bertz CT molecular complexity index is 797. The number of urea groups is 1. The predicted octanol–water partition coefficient (Wildman–Crippen LogP) is 2.15. The molecule has 3 amide bonds. The Labute approximate surface area is 156 Å². The summed E-state index contributed by atoms with van der Waals surface area (Å²) >= 11 is 1.21. The van der Waals surface area contributed by atoms with Gasteiger partial charge in [-0.25, -0.2) is 4.79 Å². The van der Waals surface area contributed by atoms with Gasteiger partial charge in [0.15, 0.2) is 5.16 Å². The summed E-state index contributed by atoms with van der Waals surface area (Å²) in [5, 5.41) is 11.7. The number of carbonyl (C=O) groups excluding carboxylic acids is 2. The first kappa shape index (κ1) is 20.6. The lowest BCUT2D eigenvalue weighted by Gasteiger charge is -2.09. The van der Waals surface area contributed by atoms with Crippen molar-refractivity contribution in [3.8, 4) is 11.4 Å². The number of amides is 3. The smallest absolute Gasteiger partial charge is 0.405 e. The molecular weight excluding hydrogens is 387 g/mol. The highest BCUT2D eigenvalue weighted by Gasteiger charge is 2.27. The number of alkyl halides is 3. The van der Waals surface area contributed by atoms with Gasteiger partial charge in [0.2, 0.25) is 5.91 Å². The highest BCUT2D eigenvalue weighted by atomic mass is 32.2. The fraction of sp³-hybridized carbons (Fsp3) is 0.333. The second-order valence-electron chi connectivity index (χ2n) is 5.13. The predicted molar refractivity (Wildman–Crippen MR) is 90.8 cm³/mol. The van der Waals surface area contributed by atoms with Crippen LogP contribution in [-0.2, 0) is 4.79 Å². The maximum absolute atomic E-state index is 12.0. The molecule has 0 saturated carbocycles. The zero-order valence-corrected chi connectivity index (χ0v) is 14.9. The minimum Gasteiger partial charge on any atom is -0.497 e. The third-order valence-electron chi connectivity index (χ3n) is 3.11. The second kappa shape index (κ2) is 9.26. The van der Waals surface area contributed by atoms with Crippen LogP contribution in [0, 0.1) is 0 Å². The molecule has 1 heterocycles. The Morgan fingerprint density at radius 2 is 2.11 bits per heavy atom. The number of ether oxygens (including phenoxy) is 1. The Hall–Kier alpha value is -2.76. The van der Waals surface area contributed by atoms with E-state index >= 15 is 0 Å². The van der Waals surface area contributed by atoms with Crippen LogP contribution in [-0.4, -0.2) is 52.3 Å². The summed E-state index contributed by atoms with van der Waals surface area (Å²) in [4.78, 5) is 22.8. The van der Waals surface area contributed by atoms with Crippen molar-refractivity contribution >= 4 is 23.7 Å². The number of nitrogens with one attached hydrogen (secondary N) is 2. The summed E-state index contributed by atoms with van der Waals surface area (Å²) in [5.41, 5.74) is 0.762. The summed E-state index contributed by atoms with van der Waals surface area (Å²) in [6.07, 6.45) is -3.13. The van der Waals surface area contributed by atoms with E-state index in [-0.39, 0.29) is 12.2 Å². The maximum Gasteiger partial charge on any atom is 0.405 e. The average Bonchev–Trinajstić information content (AvgIpc) is 3.08. The Balaban J connectivity index is 1.83. The standard InChI is InChI=1S/C15H16F3N5O3S/c1-26-11-4-2-3-10(7-11)23-9-20-22-14(23)27-6-5-12(24)21-13(25)19-8-15(16,17)18/h2-4,7,9H,5-6,8H2,1H3,(H2,19,21,24,25). The van der Waals surface area contributed by atoms with Gasteiger partial charge < -0.3 is 10.1 Å². The fourth-order valence-corrected chi connectivity index (χ4v) is 2.78. The molecule has 27 heavy (non-hydrogen) atoms. The molecule has 0 aliphatic heterocycles. The lowest BCUT2D eigenvalue weighted by molar-refractivity contribution is -0.124. The van der Waals surface area contributed by atoms with Crippen molar-refractivity contribution in [3.05, 3.63) is 30.6 Å². The van der Waals surface area contributed by atoms with Gasteiger partial charge in [0.25, 0.3) is 0 Å². The van der Waals surface area contributed by atoms with E-state index < -0.39 is 24.7 Å². The average molecular weight is 403 g/mol. The molecule has 0 unspecified atom stereocenters. The number of aromatic nitrogens is 3. The summed E-state index contributed by atoms with van der Waals surface area (Å²) in [6, 6.07) is 6.00. The number of nitrogens with zero attached hydrogens (tertiary/aromatic N) is 3. The number of halogens is 3. The largest absolute Gasteiger partial charge is 0.497 e. The minimum absolute atomic E-state index is 0.0882. The van der Waals surface area contributed by atoms with Gasteiger partial charge in [-0.15, -0.1) is 10.2 Å². The second-order valence-corrected chi connectivity index (χ2v) is 6.19. The Morgan fingerprint density at radius 3 is 2.81 bits per heavy atom. The van der Waals surface area contributed by atoms with Gasteiger partial charge in [-0.3, -0.25) is 14.7 Å². The zero-order valence-electron chi connectivity index (χ0n) is 14.1. The highest BCUT2D eigenvalue weighted by Crippen LogP contribution is 2.22. The first-order valence-electron chi connectivity index (χ1n) is 7.60. The Kier molecular flexibility index (Phi) is 7.05. The summed E-state index contributed by atoms with van der Waals surface area (Å²) in [7, 11) is 1.55. The van der Waals surface area contributed by atoms with Gasteiger partial charge >= 0.3 is 12.2 Å². The number of imide groups is 1. The summed E-state index contributed by atoms with van der Waals surface area (Å²) in [6.45, 7) is -1.51. The van der Waals surface area contributed by atoms with E-state index in [2.05, 4.69) is 10.2 Å². The van der Waals surface area contributed by atoms with Crippen LogP contribution in [0.2, 0.25) is 0 Å². The molecule has 0 aliphatic carbocycles. The van der Waals surface area contributed by atoms with Crippen molar-refractivity contribution in [3.63, 3.8) is 0 Å². The molecule has 0 aliphatic rings. The van der Waals surface area contributed by atoms with Crippen LogP contribution in [0.5, 0.6) is 5.75 Å². The molecule has 12 heteroatoms. The third kappa shape index (κ3) is 6.81. The zero-order chi connectivity index (χ0) is 19.9. The highest BCUT2D eigenvalue weighted by molar-refractivity contribution is 7.99. The van der Waals surface area contributed by atoms with Gasteiger partial charge in [0.1, 0.15) is 18.6 Å². The van der Waals surface area contributed by atoms with Gasteiger partial charge in [0, 0.05) is 18.2 Å². The number of benzene rings is 1. The molecule has 2 N–H and O–H groups in total. The molecular formula is C15H16F3N5O3S. The maximum atomic E-state index is 12.0. The molecule has 0 spiro atoms. The van der Waals surface area contributed by atoms with Gasteiger partial charge in [-0.05, 0) is 12.1 Å². The molecule has 0 bridgehead atoms. The molecule has 2 rings (SSSR count). The number of hydrogen-bond acceptors (Lipinski definition) is 6. The molecule has 0 saturated heterocycles. The van der Waals surface area contributed by atoms with Gasteiger partial charge in [-0.2, -0.15) is 13.2 Å². The van der Waals surface area contributed by atoms with Crippen molar-refractivity contribution in [2.75, 3.05) is 19.4 Å². The number of rotatable bonds is 7. The van der Waals surface area contributed by atoms with E-state index in [0.29, 0.717) is 10.9 Å².